The molecule has 0 aliphatic heterocycles. The van der Waals surface area contributed by atoms with Crippen LogP contribution in [0.15, 0.2) is 22.8 Å². The van der Waals surface area contributed by atoms with Crippen LogP contribution in [0.25, 0.3) is 0 Å². The Kier molecular flexibility index (Phi) is 6.61. The predicted octanol–water partition coefficient (Wildman–Crippen LogP) is 2.02. The summed E-state index contributed by atoms with van der Waals surface area (Å²) >= 11 is 0. The number of furan rings is 1. The molecule has 0 spiro atoms. The molecule has 25 heavy (non-hydrogen) atoms. The lowest BCUT2D eigenvalue weighted by atomic mass is 10.0. The molecule has 1 aliphatic carbocycles. The lowest BCUT2D eigenvalue weighted by Gasteiger charge is -2.23. The van der Waals surface area contributed by atoms with Crippen molar-refractivity contribution in [3.05, 3.63) is 24.2 Å². The van der Waals surface area contributed by atoms with Crippen molar-refractivity contribution in [2.75, 3.05) is 0 Å². The summed E-state index contributed by atoms with van der Waals surface area (Å²) in [6, 6.07) is 2.40. The molecule has 2 N–H and O–H groups in total. The van der Waals surface area contributed by atoms with E-state index in [-0.39, 0.29) is 23.6 Å². The number of carbonyl (C=O) groups excluding carboxylic acids is 3. The molecule has 1 saturated carbocycles. The number of amides is 2. The van der Waals surface area contributed by atoms with Gasteiger partial charge in [0.25, 0.3) is 11.8 Å². The molecule has 1 aromatic rings. The number of nitrogens with one attached hydrogen (secondary N) is 2. The van der Waals surface area contributed by atoms with E-state index in [9.17, 15) is 14.4 Å². The van der Waals surface area contributed by atoms with Crippen molar-refractivity contribution in [1.82, 2.24) is 10.6 Å². The Labute approximate surface area is 147 Å². The van der Waals surface area contributed by atoms with Crippen molar-refractivity contribution in [3.63, 3.8) is 0 Å². The molecule has 138 valence electrons. The first kappa shape index (κ1) is 19.0. The first-order chi connectivity index (χ1) is 11.9. The second-order valence-electron chi connectivity index (χ2n) is 6.74. The van der Waals surface area contributed by atoms with E-state index in [1.54, 1.807) is 19.9 Å². The zero-order chi connectivity index (χ0) is 18.4. The lowest BCUT2D eigenvalue weighted by molar-refractivity contribution is -0.157. The summed E-state index contributed by atoms with van der Waals surface area (Å²) in [5.74, 6) is -1.52. The second kappa shape index (κ2) is 8.69. The van der Waals surface area contributed by atoms with Crippen LogP contribution in [0.1, 0.15) is 57.0 Å². The van der Waals surface area contributed by atoms with E-state index >= 15 is 0 Å². The van der Waals surface area contributed by atoms with E-state index in [1.807, 2.05) is 0 Å². The fraction of sp³-hybridized carbons (Fsp3) is 0.611. The minimum Gasteiger partial charge on any atom is -0.459 e. The maximum atomic E-state index is 12.4. The Bertz CT molecular complexity index is 591. The minimum atomic E-state index is -0.908. The smallest absolute Gasteiger partial charge is 0.329 e. The van der Waals surface area contributed by atoms with E-state index in [0.717, 1.165) is 25.7 Å². The molecule has 2 rings (SSSR count). The standard InChI is InChI=1S/C18H26N2O5/c1-11(2)15(20-17(22)14-9-6-10-24-14)18(23)25-12(3)16(21)19-13-7-4-5-8-13/h6,9-13,15H,4-5,7-8H2,1-3H3,(H,19,21)(H,20,22). The molecule has 1 aliphatic rings. The van der Waals surface area contributed by atoms with Crippen molar-refractivity contribution in [2.24, 2.45) is 5.92 Å². The quantitative estimate of drug-likeness (QED) is 0.733. The predicted molar refractivity (Wildman–Crippen MR) is 90.8 cm³/mol. The number of esters is 1. The van der Waals surface area contributed by atoms with Gasteiger partial charge in [-0.1, -0.05) is 26.7 Å². The summed E-state index contributed by atoms with van der Waals surface area (Å²) in [6.45, 7) is 5.11. The highest BCUT2D eigenvalue weighted by Crippen LogP contribution is 2.18. The number of hydrogen-bond acceptors (Lipinski definition) is 5. The van der Waals surface area contributed by atoms with Crippen molar-refractivity contribution in [2.45, 2.75) is 64.6 Å². The van der Waals surface area contributed by atoms with Gasteiger partial charge in [-0.15, -0.1) is 0 Å². The van der Waals surface area contributed by atoms with Crippen LogP contribution < -0.4 is 10.6 Å². The van der Waals surface area contributed by atoms with Gasteiger partial charge in [0.15, 0.2) is 11.9 Å². The molecule has 7 heteroatoms. The van der Waals surface area contributed by atoms with Gasteiger partial charge in [-0.2, -0.15) is 0 Å². The van der Waals surface area contributed by atoms with Gasteiger partial charge < -0.3 is 19.8 Å². The monoisotopic (exact) mass is 350 g/mol. The van der Waals surface area contributed by atoms with Gasteiger partial charge in [0, 0.05) is 6.04 Å². The van der Waals surface area contributed by atoms with Gasteiger partial charge >= 0.3 is 5.97 Å². The molecule has 0 radical (unpaired) electrons. The van der Waals surface area contributed by atoms with Gasteiger partial charge in [0.05, 0.1) is 6.26 Å². The molecule has 1 fully saturated rings. The zero-order valence-corrected chi connectivity index (χ0v) is 14.9. The topological polar surface area (TPSA) is 97.6 Å². The molecular formula is C18H26N2O5. The van der Waals surface area contributed by atoms with Crippen molar-refractivity contribution < 1.29 is 23.5 Å². The third kappa shape index (κ3) is 5.34. The van der Waals surface area contributed by atoms with Crippen LogP contribution in [0.4, 0.5) is 0 Å². The van der Waals surface area contributed by atoms with Crippen molar-refractivity contribution in [3.8, 4) is 0 Å². The SMILES string of the molecule is CC(OC(=O)C(NC(=O)c1ccco1)C(C)C)C(=O)NC1CCCC1. The summed E-state index contributed by atoms with van der Waals surface area (Å²) in [7, 11) is 0. The van der Waals surface area contributed by atoms with Crippen LogP contribution in [0.3, 0.4) is 0 Å². The minimum absolute atomic E-state index is 0.116. The summed E-state index contributed by atoms with van der Waals surface area (Å²) < 4.78 is 10.3. The Morgan fingerprint density at radius 3 is 2.44 bits per heavy atom. The van der Waals surface area contributed by atoms with Crippen LogP contribution >= 0.6 is 0 Å². The molecular weight excluding hydrogens is 324 g/mol. The van der Waals surface area contributed by atoms with E-state index in [2.05, 4.69) is 10.6 Å². The second-order valence-corrected chi connectivity index (χ2v) is 6.74. The summed E-state index contributed by atoms with van der Waals surface area (Å²) in [5.41, 5.74) is 0. The average Bonchev–Trinajstić information content (AvgIpc) is 3.25. The third-order valence-electron chi connectivity index (χ3n) is 4.32. The molecule has 2 atom stereocenters. The first-order valence-electron chi connectivity index (χ1n) is 8.73. The maximum absolute atomic E-state index is 12.4. The summed E-state index contributed by atoms with van der Waals surface area (Å²) in [4.78, 5) is 36.6. The van der Waals surface area contributed by atoms with Crippen LogP contribution in [0.5, 0.6) is 0 Å². The number of ether oxygens (including phenoxy) is 1. The zero-order valence-electron chi connectivity index (χ0n) is 14.9. The fourth-order valence-electron chi connectivity index (χ4n) is 2.81. The number of hydrogen-bond donors (Lipinski definition) is 2. The fourth-order valence-corrected chi connectivity index (χ4v) is 2.81. The van der Waals surface area contributed by atoms with Gasteiger partial charge in [-0.05, 0) is 37.8 Å². The lowest BCUT2D eigenvalue weighted by Crippen LogP contribution is -2.48. The summed E-state index contributed by atoms with van der Waals surface area (Å²) in [5, 5.41) is 5.49. The summed E-state index contributed by atoms with van der Waals surface area (Å²) in [6.07, 6.45) is 4.60. The van der Waals surface area contributed by atoms with Crippen LogP contribution in [-0.4, -0.2) is 36.0 Å². The third-order valence-corrected chi connectivity index (χ3v) is 4.32. The Balaban J connectivity index is 1.90. The van der Waals surface area contributed by atoms with E-state index in [1.165, 1.54) is 19.3 Å². The molecule has 2 unspecified atom stereocenters. The highest BCUT2D eigenvalue weighted by molar-refractivity contribution is 5.95. The molecule has 1 aromatic heterocycles. The highest BCUT2D eigenvalue weighted by atomic mass is 16.5. The molecule has 7 nitrogen and oxygen atoms in total. The normalized spacial score (nSPS) is 17.1. The van der Waals surface area contributed by atoms with Crippen LogP contribution in [0, 0.1) is 5.92 Å². The number of carbonyl (C=O) groups is 3. The molecule has 0 saturated heterocycles. The largest absolute Gasteiger partial charge is 0.459 e. The van der Waals surface area contributed by atoms with E-state index < -0.39 is 24.0 Å². The molecule has 1 heterocycles. The van der Waals surface area contributed by atoms with E-state index in [4.69, 9.17) is 9.15 Å². The van der Waals surface area contributed by atoms with Gasteiger partial charge in [-0.25, -0.2) is 4.79 Å². The Morgan fingerprint density at radius 1 is 1.20 bits per heavy atom. The first-order valence-corrected chi connectivity index (χ1v) is 8.73. The molecule has 2 amide bonds. The Morgan fingerprint density at radius 2 is 1.88 bits per heavy atom. The highest BCUT2D eigenvalue weighted by Gasteiger charge is 2.30. The number of rotatable bonds is 7. The Hall–Kier alpha value is -2.31. The van der Waals surface area contributed by atoms with Crippen molar-refractivity contribution in [1.29, 1.82) is 0 Å². The van der Waals surface area contributed by atoms with Gasteiger partial charge in [-0.3, -0.25) is 9.59 Å². The van der Waals surface area contributed by atoms with Gasteiger partial charge in [0.2, 0.25) is 0 Å². The molecule has 0 aromatic carbocycles. The maximum Gasteiger partial charge on any atom is 0.329 e. The van der Waals surface area contributed by atoms with Gasteiger partial charge in [0.1, 0.15) is 6.04 Å². The van der Waals surface area contributed by atoms with Crippen LogP contribution in [-0.2, 0) is 14.3 Å². The van der Waals surface area contributed by atoms with E-state index in [0.29, 0.717) is 0 Å². The molecule has 0 bridgehead atoms. The van der Waals surface area contributed by atoms with Crippen molar-refractivity contribution >= 4 is 17.8 Å². The average molecular weight is 350 g/mol. The van der Waals surface area contributed by atoms with Crippen LogP contribution in [0.2, 0.25) is 0 Å².